The predicted octanol–water partition coefficient (Wildman–Crippen LogP) is 4.66. The molecule has 1 aromatic rings. The molecule has 0 aromatic heterocycles. The lowest BCUT2D eigenvalue weighted by Crippen LogP contribution is -1.83. The molecule has 94 valence electrons. The van der Waals surface area contributed by atoms with Crippen LogP contribution in [0.1, 0.15) is 37.8 Å². The summed E-state index contributed by atoms with van der Waals surface area (Å²) in [6, 6.07) is 8.83. The van der Waals surface area contributed by atoms with E-state index >= 15 is 0 Å². The van der Waals surface area contributed by atoms with Crippen LogP contribution in [0.2, 0.25) is 0 Å². The van der Waals surface area contributed by atoms with Crippen molar-refractivity contribution in [3.05, 3.63) is 35.4 Å². The quantitative estimate of drug-likeness (QED) is 0.533. The normalized spacial score (nSPS) is 8.38. The smallest absolute Gasteiger partial charge is 0.0126 e. The molecule has 3 heteroatoms. The van der Waals surface area contributed by atoms with Gasteiger partial charge in [-0.15, -0.1) is 0 Å². The average molecular weight is 260 g/mol. The lowest BCUT2D eigenvalue weighted by atomic mass is 10.1. The van der Waals surface area contributed by atoms with Crippen molar-refractivity contribution in [3.8, 4) is 0 Å². The molecule has 16 heavy (non-hydrogen) atoms. The maximum atomic E-state index is 6.69. The highest BCUT2D eigenvalue weighted by Gasteiger charge is 1.90. The van der Waals surface area contributed by atoms with Gasteiger partial charge in [-0.25, -0.2) is 0 Å². The number of benzene rings is 1. The molecule has 0 saturated carbocycles. The van der Waals surface area contributed by atoms with Crippen LogP contribution in [0.5, 0.6) is 0 Å². The molecule has 1 aromatic carbocycles. The van der Waals surface area contributed by atoms with Crippen molar-refractivity contribution in [2.45, 2.75) is 40.0 Å². The molecule has 1 N–H and O–H groups in total. The van der Waals surface area contributed by atoms with Gasteiger partial charge < -0.3 is 4.55 Å². The van der Waals surface area contributed by atoms with E-state index in [9.17, 15) is 0 Å². The molecule has 0 heterocycles. The Labute approximate surface area is 111 Å². The first-order valence-electron chi connectivity index (χ1n) is 5.61. The van der Waals surface area contributed by atoms with E-state index in [0.717, 1.165) is 5.75 Å². The molecule has 0 aliphatic rings. The van der Waals surface area contributed by atoms with Gasteiger partial charge in [0.1, 0.15) is 0 Å². The van der Waals surface area contributed by atoms with Gasteiger partial charge in [0, 0.05) is 0 Å². The summed E-state index contributed by atoms with van der Waals surface area (Å²) in [5, 5.41) is 0. The van der Waals surface area contributed by atoms with Gasteiger partial charge in [-0.1, -0.05) is 50.1 Å². The molecule has 0 amide bonds. The Hall–Kier alpha value is -0.120. The molecule has 0 radical (unpaired) electrons. The van der Waals surface area contributed by atoms with E-state index in [0.29, 0.717) is 0 Å². The molecule has 0 aliphatic heterocycles. The minimum Gasteiger partial charge on any atom is -0.333 e. The van der Waals surface area contributed by atoms with E-state index in [1.165, 1.54) is 30.4 Å². The highest BCUT2D eigenvalue weighted by molar-refractivity contribution is 7.80. The van der Waals surface area contributed by atoms with Gasteiger partial charge in [-0.2, -0.15) is 12.6 Å². The third kappa shape index (κ3) is 12.0. The predicted molar refractivity (Wildman–Crippen MR) is 80.9 cm³/mol. The summed E-state index contributed by atoms with van der Waals surface area (Å²) in [5.41, 5.74) is 2.82. The standard InChI is InChI=1S/C11H16.C2H6S.H2OS/c1-3-4-5-11-8-6-10(2)7-9-11;1-2-3;1-2/h6-9H,3-5H2,1-2H3;3H,2H2,1H3;1-2H. The molecule has 0 spiro atoms. The van der Waals surface area contributed by atoms with Crippen molar-refractivity contribution in [1.82, 2.24) is 0 Å². The molecule has 0 saturated heterocycles. The van der Waals surface area contributed by atoms with Crippen LogP contribution in [-0.2, 0) is 6.42 Å². The van der Waals surface area contributed by atoms with Crippen molar-refractivity contribution >= 4 is 25.5 Å². The Morgan fingerprint density at radius 3 is 1.88 bits per heavy atom. The first-order chi connectivity index (χ1) is 7.74. The zero-order chi connectivity index (χ0) is 12.8. The van der Waals surface area contributed by atoms with Gasteiger partial charge in [-0.05, 0) is 44.0 Å². The highest BCUT2D eigenvalue weighted by Crippen LogP contribution is 2.06. The first-order valence-corrected chi connectivity index (χ1v) is 6.64. The lowest BCUT2D eigenvalue weighted by molar-refractivity contribution is 0.679. The molecule has 1 rings (SSSR count). The average Bonchev–Trinajstić information content (AvgIpc) is 2.32. The molecule has 1 nitrogen and oxygen atoms in total. The monoisotopic (exact) mass is 260 g/mol. The third-order valence-corrected chi connectivity index (χ3v) is 1.94. The fraction of sp³-hybridized carbons (Fsp3) is 0.538. The SMILES string of the molecule is CCCCc1ccc(C)cc1.CCS.OS. The number of rotatable bonds is 3. The Balaban J connectivity index is 0. The van der Waals surface area contributed by atoms with Crippen molar-refractivity contribution in [1.29, 1.82) is 0 Å². The van der Waals surface area contributed by atoms with Crippen molar-refractivity contribution in [2.75, 3.05) is 5.75 Å². The minimum atomic E-state index is 0.944. The van der Waals surface area contributed by atoms with Crippen molar-refractivity contribution in [3.63, 3.8) is 0 Å². The van der Waals surface area contributed by atoms with Crippen molar-refractivity contribution < 1.29 is 4.55 Å². The second-order valence-corrected chi connectivity index (χ2v) is 4.04. The highest BCUT2D eigenvalue weighted by atomic mass is 32.1. The summed E-state index contributed by atoms with van der Waals surface area (Å²) in [6.45, 7) is 6.35. The van der Waals surface area contributed by atoms with Gasteiger partial charge in [0.15, 0.2) is 0 Å². The molecule has 0 unspecified atom stereocenters. The number of hydrogen-bond donors (Lipinski definition) is 3. The van der Waals surface area contributed by atoms with E-state index in [1.807, 2.05) is 6.92 Å². The molecule has 0 bridgehead atoms. The zero-order valence-corrected chi connectivity index (χ0v) is 12.3. The summed E-state index contributed by atoms with van der Waals surface area (Å²) in [6.07, 6.45) is 3.83. The summed E-state index contributed by atoms with van der Waals surface area (Å²) in [4.78, 5) is 0. The van der Waals surface area contributed by atoms with Crippen molar-refractivity contribution in [2.24, 2.45) is 0 Å². The summed E-state index contributed by atoms with van der Waals surface area (Å²) < 4.78 is 6.69. The van der Waals surface area contributed by atoms with E-state index in [4.69, 9.17) is 4.55 Å². The van der Waals surface area contributed by atoms with Gasteiger partial charge in [0.05, 0.1) is 0 Å². The first kappa shape index (κ1) is 18.3. The Kier molecular flexibility index (Phi) is 17.0. The van der Waals surface area contributed by atoms with Crippen LogP contribution in [-0.4, -0.2) is 10.3 Å². The van der Waals surface area contributed by atoms with Crippen LogP contribution in [0, 0.1) is 6.92 Å². The van der Waals surface area contributed by atoms with E-state index in [-0.39, 0.29) is 0 Å². The third-order valence-electron chi connectivity index (χ3n) is 1.94. The van der Waals surface area contributed by atoms with E-state index < -0.39 is 0 Å². The van der Waals surface area contributed by atoms with Crippen LogP contribution in [0.25, 0.3) is 0 Å². The van der Waals surface area contributed by atoms with Gasteiger partial charge in [0.2, 0.25) is 0 Å². The van der Waals surface area contributed by atoms with Crippen LogP contribution in [0.15, 0.2) is 24.3 Å². The molecule has 0 atom stereocenters. The minimum absolute atomic E-state index is 0.944. The number of thiol groups is 2. The summed E-state index contributed by atoms with van der Waals surface area (Å²) in [5.74, 6) is 0.944. The van der Waals surface area contributed by atoms with Crippen LogP contribution in [0.3, 0.4) is 0 Å². The number of hydrogen-bond acceptors (Lipinski definition) is 3. The maximum Gasteiger partial charge on any atom is -0.0126 e. The van der Waals surface area contributed by atoms with Gasteiger partial charge in [-0.3, -0.25) is 0 Å². The largest absolute Gasteiger partial charge is 0.333 e. The Bertz CT molecular complexity index is 222. The van der Waals surface area contributed by atoms with E-state index in [2.05, 4.69) is 63.7 Å². The van der Waals surface area contributed by atoms with E-state index in [1.54, 1.807) is 0 Å². The molecule has 0 aliphatic carbocycles. The second-order valence-electron chi connectivity index (χ2n) is 3.41. The number of aryl methyl sites for hydroxylation is 2. The molecular formula is C13H24OS2. The zero-order valence-electron chi connectivity index (χ0n) is 10.5. The number of unbranched alkanes of at least 4 members (excludes halogenated alkanes) is 1. The molecular weight excluding hydrogens is 236 g/mol. The Morgan fingerprint density at radius 2 is 1.50 bits per heavy atom. The maximum absolute atomic E-state index is 6.69. The summed E-state index contributed by atoms with van der Waals surface area (Å²) in [7, 11) is 0. The van der Waals surface area contributed by atoms with Gasteiger partial charge in [0.25, 0.3) is 0 Å². The Morgan fingerprint density at radius 1 is 1.06 bits per heavy atom. The van der Waals surface area contributed by atoms with Crippen LogP contribution >= 0.6 is 25.5 Å². The summed E-state index contributed by atoms with van der Waals surface area (Å²) >= 11 is 6.32. The van der Waals surface area contributed by atoms with Gasteiger partial charge >= 0.3 is 0 Å². The fourth-order valence-corrected chi connectivity index (χ4v) is 1.14. The second kappa shape index (κ2) is 14.9. The topological polar surface area (TPSA) is 20.2 Å². The molecule has 0 fully saturated rings. The van der Waals surface area contributed by atoms with Crippen LogP contribution < -0.4 is 0 Å². The lowest BCUT2D eigenvalue weighted by Gasteiger charge is -1.99. The fourth-order valence-electron chi connectivity index (χ4n) is 1.14. The van der Waals surface area contributed by atoms with Crippen LogP contribution in [0.4, 0.5) is 0 Å².